The van der Waals surface area contributed by atoms with Crippen LogP contribution in [0.15, 0.2) is 0 Å². The van der Waals surface area contributed by atoms with Gasteiger partial charge in [-0.3, -0.25) is 10.1 Å². The van der Waals surface area contributed by atoms with Crippen LogP contribution in [-0.4, -0.2) is 43.3 Å². The largest absolute Gasteiger partial charge is 0.381 e. The zero-order chi connectivity index (χ0) is 10.7. The SMILES string of the molecule is CCC1NCC(=O)N1CC1CCOCC1. The molecule has 2 fully saturated rings. The number of carbonyl (C=O) groups is 1. The van der Waals surface area contributed by atoms with Crippen LogP contribution in [0.1, 0.15) is 26.2 Å². The minimum Gasteiger partial charge on any atom is -0.381 e. The van der Waals surface area contributed by atoms with Crippen molar-refractivity contribution in [1.29, 1.82) is 0 Å². The number of nitrogens with zero attached hydrogens (tertiary/aromatic N) is 1. The van der Waals surface area contributed by atoms with Gasteiger partial charge in [-0.25, -0.2) is 0 Å². The van der Waals surface area contributed by atoms with E-state index in [9.17, 15) is 4.79 Å². The van der Waals surface area contributed by atoms with Gasteiger partial charge in [0.25, 0.3) is 0 Å². The van der Waals surface area contributed by atoms with Crippen molar-refractivity contribution in [2.45, 2.75) is 32.4 Å². The fourth-order valence-electron chi connectivity index (χ4n) is 2.39. The molecule has 1 atom stereocenters. The summed E-state index contributed by atoms with van der Waals surface area (Å²) >= 11 is 0. The van der Waals surface area contributed by atoms with Crippen LogP contribution in [0.25, 0.3) is 0 Å². The van der Waals surface area contributed by atoms with Gasteiger partial charge in [-0.15, -0.1) is 0 Å². The maximum atomic E-state index is 11.6. The first-order chi connectivity index (χ1) is 7.31. The molecule has 1 amide bonds. The van der Waals surface area contributed by atoms with Crippen molar-refractivity contribution in [2.75, 3.05) is 26.3 Å². The predicted molar refractivity (Wildman–Crippen MR) is 57.3 cm³/mol. The number of amides is 1. The van der Waals surface area contributed by atoms with Gasteiger partial charge in [0.05, 0.1) is 12.7 Å². The molecule has 0 saturated carbocycles. The second kappa shape index (κ2) is 4.94. The molecule has 4 heteroatoms. The summed E-state index contributed by atoms with van der Waals surface area (Å²) in [7, 11) is 0. The van der Waals surface area contributed by atoms with Gasteiger partial charge in [0.15, 0.2) is 0 Å². The van der Waals surface area contributed by atoms with Gasteiger partial charge in [0, 0.05) is 19.8 Å². The summed E-state index contributed by atoms with van der Waals surface area (Å²) in [6, 6.07) is 0. The Balaban J connectivity index is 1.88. The van der Waals surface area contributed by atoms with E-state index in [1.54, 1.807) is 0 Å². The van der Waals surface area contributed by atoms with Crippen LogP contribution >= 0.6 is 0 Å². The lowest BCUT2D eigenvalue weighted by Gasteiger charge is -2.30. The molecule has 2 aliphatic heterocycles. The Morgan fingerprint density at radius 2 is 2.20 bits per heavy atom. The fourth-order valence-corrected chi connectivity index (χ4v) is 2.39. The van der Waals surface area contributed by atoms with Crippen LogP contribution in [0, 0.1) is 5.92 Å². The van der Waals surface area contributed by atoms with Crippen LogP contribution in [0.4, 0.5) is 0 Å². The van der Waals surface area contributed by atoms with E-state index in [0.29, 0.717) is 12.5 Å². The summed E-state index contributed by atoms with van der Waals surface area (Å²) in [5.41, 5.74) is 0. The van der Waals surface area contributed by atoms with Crippen molar-refractivity contribution in [1.82, 2.24) is 10.2 Å². The van der Waals surface area contributed by atoms with E-state index in [0.717, 1.165) is 39.0 Å². The van der Waals surface area contributed by atoms with Crippen LogP contribution in [0.3, 0.4) is 0 Å². The zero-order valence-corrected chi connectivity index (χ0v) is 9.37. The molecule has 0 aliphatic carbocycles. The minimum atomic E-state index is 0.258. The van der Waals surface area contributed by atoms with E-state index in [4.69, 9.17) is 4.74 Å². The Morgan fingerprint density at radius 1 is 1.47 bits per heavy atom. The van der Waals surface area contributed by atoms with Gasteiger partial charge in [0.1, 0.15) is 0 Å². The summed E-state index contributed by atoms with van der Waals surface area (Å²) in [5, 5.41) is 3.24. The van der Waals surface area contributed by atoms with Crippen molar-refractivity contribution >= 4 is 5.91 Å². The number of hydrogen-bond donors (Lipinski definition) is 1. The van der Waals surface area contributed by atoms with Gasteiger partial charge >= 0.3 is 0 Å². The van der Waals surface area contributed by atoms with E-state index in [1.807, 2.05) is 4.90 Å². The van der Waals surface area contributed by atoms with Gasteiger partial charge in [0.2, 0.25) is 5.91 Å². The highest BCUT2D eigenvalue weighted by molar-refractivity contribution is 5.80. The van der Waals surface area contributed by atoms with E-state index >= 15 is 0 Å². The lowest BCUT2D eigenvalue weighted by atomic mass is 9.99. The topological polar surface area (TPSA) is 41.6 Å². The van der Waals surface area contributed by atoms with E-state index < -0.39 is 0 Å². The van der Waals surface area contributed by atoms with E-state index in [1.165, 1.54) is 0 Å². The molecule has 15 heavy (non-hydrogen) atoms. The third kappa shape index (κ3) is 2.49. The molecule has 2 heterocycles. The number of rotatable bonds is 3. The van der Waals surface area contributed by atoms with Crippen molar-refractivity contribution in [3.8, 4) is 0 Å². The van der Waals surface area contributed by atoms with Gasteiger partial charge in [-0.1, -0.05) is 6.92 Å². The molecule has 0 aromatic carbocycles. The van der Waals surface area contributed by atoms with E-state index in [-0.39, 0.29) is 12.1 Å². The second-order valence-electron chi connectivity index (χ2n) is 4.41. The highest BCUT2D eigenvalue weighted by Gasteiger charge is 2.31. The number of ether oxygens (including phenoxy) is 1. The second-order valence-corrected chi connectivity index (χ2v) is 4.41. The Labute approximate surface area is 91.0 Å². The smallest absolute Gasteiger partial charge is 0.237 e. The maximum absolute atomic E-state index is 11.6. The van der Waals surface area contributed by atoms with Crippen molar-refractivity contribution in [3.63, 3.8) is 0 Å². The average molecular weight is 212 g/mol. The summed E-state index contributed by atoms with van der Waals surface area (Å²) in [5.74, 6) is 0.894. The quantitative estimate of drug-likeness (QED) is 0.744. The normalized spacial score (nSPS) is 28.7. The molecule has 2 saturated heterocycles. The summed E-state index contributed by atoms with van der Waals surface area (Å²) in [4.78, 5) is 13.7. The third-order valence-corrected chi connectivity index (χ3v) is 3.37. The molecule has 1 N–H and O–H groups in total. The van der Waals surface area contributed by atoms with Gasteiger partial charge in [-0.2, -0.15) is 0 Å². The van der Waals surface area contributed by atoms with Gasteiger partial charge < -0.3 is 9.64 Å². The summed E-state index contributed by atoms with van der Waals surface area (Å²) in [6.07, 6.45) is 3.45. The molecule has 4 nitrogen and oxygen atoms in total. The molecule has 0 aromatic heterocycles. The first-order valence-electron chi connectivity index (χ1n) is 5.92. The number of carbonyl (C=O) groups excluding carboxylic acids is 1. The molecule has 2 rings (SSSR count). The molecule has 0 aromatic rings. The predicted octanol–water partition coefficient (Wildman–Crippen LogP) is 0.581. The highest BCUT2D eigenvalue weighted by atomic mass is 16.5. The summed E-state index contributed by atoms with van der Waals surface area (Å²) in [6.45, 7) is 5.26. The van der Waals surface area contributed by atoms with Gasteiger partial charge in [-0.05, 0) is 25.2 Å². The minimum absolute atomic E-state index is 0.258. The lowest BCUT2D eigenvalue weighted by molar-refractivity contribution is -0.129. The molecule has 0 radical (unpaired) electrons. The van der Waals surface area contributed by atoms with Crippen molar-refractivity contribution in [2.24, 2.45) is 5.92 Å². The first-order valence-corrected chi connectivity index (χ1v) is 5.92. The highest BCUT2D eigenvalue weighted by Crippen LogP contribution is 2.19. The first kappa shape index (κ1) is 10.9. The Hall–Kier alpha value is -0.610. The van der Waals surface area contributed by atoms with Crippen LogP contribution in [-0.2, 0) is 9.53 Å². The third-order valence-electron chi connectivity index (χ3n) is 3.37. The Morgan fingerprint density at radius 3 is 2.87 bits per heavy atom. The molecular weight excluding hydrogens is 192 g/mol. The average Bonchev–Trinajstić information content (AvgIpc) is 2.62. The molecule has 86 valence electrons. The number of hydrogen-bond acceptors (Lipinski definition) is 3. The monoisotopic (exact) mass is 212 g/mol. The van der Waals surface area contributed by atoms with Crippen LogP contribution in [0.2, 0.25) is 0 Å². The van der Waals surface area contributed by atoms with E-state index in [2.05, 4.69) is 12.2 Å². The van der Waals surface area contributed by atoms with Crippen molar-refractivity contribution < 1.29 is 9.53 Å². The molecule has 0 spiro atoms. The maximum Gasteiger partial charge on any atom is 0.237 e. The molecule has 2 aliphatic rings. The van der Waals surface area contributed by atoms with Crippen molar-refractivity contribution in [3.05, 3.63) is 0 Å². The molecular formula is C11H20N2O2. The Kier molecular flexibility index (Phi) is 3.59. The fraction of sp³-hybridized carbons (Fsp3) is 0.909. The zero-order valence-electron chi connectivity index (χ0n) is 9.37. The van der Waals surface area contributed by atoms with Crippen LogP contribution in [0.5, 0.6) is 0 Å². The molecule has 1 unspecified atom stereocenters. The lowest BCUT2D eigenvalue weighted by Crippen LogP contribution is -2.41. The Bertz CT molecular complexity index is 227. The van der Waals surface area contributed by atoms with Crippen LogP contribution < -0.4 is 5.32 Å². The molecule has 0 bridgehead atoms. The standard InChI is InChI=1S/C11H20N2O2/c1-2-10-12-7-11(14)13(10)8-9-3-5-15-6-4-9/h9-10,12H,2-8H2,1H3. The summed E-state index contributed by atoms with van der Waals surface area (Å²) < 4.78 is 5.33. The number of nitrogens with one attached hydrogen (secondary N) is 1.